The van der Waals surface area contributed by atoms with Gasteiger partial charge in [0.1, 0.15) is 0 Å². The van der Waals surface area contributed by atoms with Crippen LogP contribution in [0.4, 0.5) is 0 Å². The third kappa shape index (κ3) is 3.59. The van der Waals surface area contributed by atoms with E-state index in [0.29, 0.717) is 0 Å². The predicted octanol–water partition coefficient (Wildman–Crippen LogP) is 3.16. The average molecular weight is 278 g/mol. The van der Waals surface area contributed by atoms with Crippen molar-refractivity contribution in [2.75, 3.05) is 14.2 Å². The van der Waals surface area contributed by atoms with Crippen LogP contribution in [0.1, 0.15) is 58.5 Å². The van der Waals surface area contributed by atoms with Crippen LogP contribution in [-0.4, -0.2) is 26.2 Å². The Balaban J connectivity index is 3.36. The van der Waals surface area contributed by atoms with Crippen molar-refractivity contribution in [2.45, 2.75) is 39.5 Å². The van der Waals surface area contributed by atoms with Crippen LogP contribution in [0, 0.1) is 0 Å². The van der Waals surface area contributed by atoms with Crippen LogP contribution in [0.2, 0.25) is 0 Å². The fraction of sp³-hybridized carbons (Fsp3) is 0.500. The highest BCUT2D eigenvalue weighted by molar-refractivity contribution is 6.03. The van der Waals surface area contributed by atoms with Gasteiger partial charge in [0.05, 0.1) is 25.3 Å². The molecule has 1 rings (SSSR count). The summed E-state index contributed by atoms with van der Waals surface area (Å²) in [5.74, 6) is -1.02. The summed E-state index contributed by atoms with van der Waals surface area (Å²) in [5.41, 5.74) is 2.73. The van der Waals surface area contributed by atoms with Crippen LogP contribution in [0.5, 0.6) is 0 Å². The summed E-state index contributed by atoms with van der Waals surface area (Å²) < 4.78 is 9.50. The first-order chi connectivity index (χ1) is 9.58. The van der Waals surface area contributed by atoms with Crippen LogP contribution in [-0.2, 0) is 22.3 Å². The smallest absolute Gasteiger partial charge is 0.338 e. The Bertz CT molecular complexity index is 491. The van der Waals surface area contributed by atoms with Gasteiger partial charge in [0.15, 0.2) is 0 Å². The number of esters is 2. The van der Waals surface area contributed by atoms with E-state index in [1.165, 1.54) is 14.2 Å². The van der Waals surface area contributed by atoms with Gasteiger partial charge >= 0.3 is 11.9 Å². The summed E-state index contributed by atoms with van der Waals surface area (Å²) in [7, 11) is 2.61. The highest BCUT2D eigenvalue weighted by Gasteiger charge is 2.20. The molecular formula is C16H22O4. The number of hydrogen-bond acceptors (Lipinski definition) is 4. The van der Waals surface area contributed by atoms with Crippen molar-refractivity contribution in [3.63, 3.8) is 0 Å². The molecule has 0 atom stereocenters. The highest BCUT2D eigenvalue weighted by Crippen LogP contribution is 2.21. The summed E-state index contributed by atoms with van der Waals surface area (Å²) in [4.78, 5) is 23.7. The molecule has 1 aromatic carbocycles. The fourth-order valence-electron chi connectivity index (χ4n) is 2.18. The van der Waals surface area contributed by atoms with E-state index in [4.69, 9.17) is 9.47 Å². The number of rotatable bonds is 6. The Morgan fingerprint density at radius 3 is 1.85 bits per heavy atom. The zero-order valence-corrected chi connectivity index (χ0v) is 12.6. The van der Waals surface area contributed by atoms with Gasteiger partial charge < -0.3 is 9.47 Å². The van der Waals surface area contributed by atoms with Gasteiger partial charge in [-0.1, -0.05) is 20.3 Å². The molecule has 4 heteroatoms. The molecule has 0 bridgehead atoms. The van der Waals surface area contributed by atoms with Crippen molar-refractivity contribution < 1.29 is 19.1 Å². The zero-order chi connectivity index (χ0) is 15.1. The Morgan fingerprint density at radius 2 is 1.45 bits per heavy atom. The molecule has 0 heterocycles. The second-order valence-corrected chi connectivity index (χ2v) is 4.61. The van der Waals surface area contributed by atoms with Gasteiger partial charge in [0, 0.05) is 0 Å². The Labute approximate surface area is 120 Å². The predicted molar refractivity (Wildman–Crippen MR) is 77.1 cm³/mol. The average Bonchev–Trinajstić information content (AvgIpc) is 2.50. The maximum atomic E-state index is 11.9. The number of ether oxygens (including phenoxy) is 2. The molecule has 0 fully saturated rings. The molecule has 20 heavy (non-hydrogen) atoms. The van der Waals surface area contributed by atoms with Crippen molar-refractivity contribution in [2.24, 2.45) is 0 Å². The lowest BCUT2D eigenvalue weighted by molar-refractivity contribution is 0.0555. The van der Waals surface area contributed by atoms with Gasteiger partial charge in [-0.3, -0.25) is 0 Å². The maximum Gasteiger partial charge on any atom is 0.338 e. The largest absolute Gasteiger partial charge is 0.465 e. The van der Waals surface area contributed by atoms with Gasteiger partial charge in [0.2, 0.25) is 0 Å². The summed E-state index contributed by atoms with van der Waals surface area (Å²) in [6.07, 6.45) is 3.83. The van der Waals surface area contributed by atoms with Gasteiger partial charge in [-0.25, -0.2) is 9.59 Å². The molecular weight excluding hydrogens is 256 g/mol. The Kier molecular flexibility index (Phi) is 6.22. The number of hydrogen-bond donors (Lipinski definition) is 0. The molecule has 0 aliphatic carbocycles. The van der Waals surface area contributed by atoms with Crippen LogP contribution in [0.15, 0.2) is 12.1 Å². The molecule has 4 nitrogen and oxygen atoms in total. The van der Waals surface area contributed by atoms with E-state index in [9.17, 15) is 9.59 Å². The minimum atomic E-state index is -0.512. The fourth-order valence-corrected chi connectivity index (χ4v) is 2.18. The third-order valence-corrected chi connectivity index (χ3v) is 3.33. The molecule has 0 saturated carbocycles. The van der Waals surface area contributed by atoms with E-state index in [1.54, 1.807) is 12.1 Å². The first-order valence-corrected chi connectivity index (χ1v) is 6.91. The standard InChI is InChI=1S/C16H22O4/c1-5-7-8-12-10-14(16(18)20-4)13(15(17)19-3)9-11(12)6-2/h9-10H,5-8H2,1-4H3. The van der Waals surface area contributed by atoms with Crippen molar-refractivity contribution in [1.29, 1.82) is 0 Å². The zero-order valence-electron chi connectivity index (χ0n) is 12.6. The molecule has 0 aliphatic heterocycles. The number of carbonyl (C=O) groups is 2. The first-order valence-electron chi connectivity index (χ1n) is 6.91. The molecule has 1 aromatic rings. The van der Waals surface area contributed by atoms with Gasteiger partial charge in [0.25, 0.3) is 0 Å². The molecule has 110 valence electrons. The SMILES string of the molecule is CCCCc1cc(C(=O)OC)c(C(=O)OC)cc1CC. The Hall–Kier alpha value is -1.84. The Morgan fingerprint density at radius 1 is 0.950 bits per heavy atom. The number of aryl methyl sites for hydroxylation is 2. The van der Waals surface area contributed by atoms with Crippen LogP contribution in [0.25, 0.3) is 0 Å². The number of benzene rings is 1. The lowest BCUT2D eigenvalue weighted by Gasteiger charge is -2.13. The third-order valence-electron chi connectivity index (χ3n) is 3.33. The van der Waals surface area contributed by atoms with Crippen LogP contribution in [0.3, 0.4) is 0 Å². The summed E-state index contributed by atoms with van der Waals surface area (Å²) in [6, 6.07) is 3.52. The van der Waals surface area contributed by atoms with Crippen molar-refractivity contribution in [3.05, 3.63) is 34.4 Å². The second kappa shape index (κ2) is 7.68. The van der Waals surface area contributed by atoms with Crippen molar-refractivity contribution in [1.82, 2.24) is 0 Å². The highest BCUT2D eigenvalue weighted by atomic mass is 16.5. The van der Waals surface area contributed by atoms with Crippen molar-refractivity contribution >= 4 is 11.9 Å². The van der Waals surface area contributed by atoms with E-state index in [-0.39, 0.29) is 11.1 Å². The topological polar surface area (TPSA) is 52.6 Å². The van der Waals surface area contributed by atoms with Gasteiger partial charge in [-0.05, 0) is 42.5 Å². The molecule has 0 aliphatic rings. The molecule has 0 spiro atoms. The van der Waals surface area contributed by atoms with E-state index >= 15 is 0 Å². The number of methoxy groups -OCH3 is 2. The van der Waals surface area contributed by atoms with Gasteiger partial charge in [-0.15, -0.1) is 0 Å². The van der Waals surface area contributed by atoms with E-state index in [0.717, 1.165) is 36.8 Å². The minimum Gasteiger partial charge on any atom is -0.465 e. The number of carbonyl (C=O) groups excluding carboxylic acids is 2. The summed E-state index contributed by atoms with van der Waals surface area (Å²) in [5, 5.41) is 0. The molecule has 0 amide bonds. The first kappa shape index (κ1) is 16.2. The molecule has 0 aromatic heterocycles. The summed E-state index contributed by atoms with van der Waals surface area (Å²) >= 11 is 0. The lowest BCUT2D eigenvalue weighted by atomic mass is 9.94. The van der Waals surface area contributed by atoms with Crippen molar-refractivity contribution in [3.8, 4) is 0 Å². The van der Waals surface area contributed by atoms with Crippen LogP contribution < -0.4 is 0 Å². The van der Waals surface area contributed by atoms with E-state index in [2.05, 4.69) is 6.92 Å². The molecule has 0 saturated heterocycles. The molecule has 0 radical (unpaired) electrons. The molecule has 0 N–H and O–H groups in total. The quantitative estimate of drug-likeness (QED) is 0.750. The second-order valence-electron chi connectivity index (χ2n) is 4.61. The van der Waals surface area contributed by atoms with Crippen LogP contribution >= 0.6 is 0 Å². The minimum absolute atomic E-state index is 0.274. The van der Waals surface area contributed by atoms with E-state index in [1.807, 2.05) is 6.92 Å². The maximum absolute atomic E-state index is 11.9. The lowest BCUT2D eigenvalue weighted by Crippen LogP contribution is -2.14. The normalized spacial score (nSPS) is 10.2. The monoisotopic (exact) mass is 278 g/mol. The molecule has 0 unspecified atom stereocenters. The van der Waals surface area contributed by atoms with E-state index < -0.39 is 11.9 Å². The number of unbranched alkanes of at least 4 members (excludes halogenated alkanes) is 1. The van der Waals surface area contributed by atoms with Gasteiger partial charge in [-0.2, -0.15) is 0 Å². The summed E-state index contributed by atoms with van der Waals surface area (Å²) in [6.45, 7) is 4.15.